The number of hydrogen-bond donors (Lipinski definition) is 1. The molecule has 0 unspecified atom stereocenters. The number of aromatic nitrogens is 1. The average Bonchev–Trinajstić information content (AvgIpc) is 2.78. The Kier molecular flexibility index (Phi) is 5.16. The third kappa shape index (κ3) is 3.45. The van der Waals surface area contributed by atoms with Gasteiger partial charge in [0.25, 0.3) is 0 Å². The SMILES string of the molecule is CCOCCCn1ccc2c(SCC)cc(N)cc21. The van der Waals surface area contributed by atoms with E-state index in [1.807, 2.05) is 18.7 Å². The number of nitrogens with two attached hydrogens (primary N) is 1. The highest BCUT2D eigenvalue weighted by molar-refractivity contribution is 7.99. The van der Waals surface area contributed by atoms with Crippen molar-refractivity contribution in [1.82, 2.24) is 4.57 Å². The van der Waals surface area contributed by atoms with E-state index in [1.54, 1.807) is 0 Å². The lowest BCUT2D eigenvalue weighted by atomic mass is 10.2. The fraction of sp³-hybridized carbons (Fsp3) is 0.467. The summed E-state index contributed by atoms with van der Waals surface area (Å²) in [4.78, 5) is 1.28. The van der Waals surface area contributed by atoms with Crippen LogP contribution < -0.4 is 5.73 Å². The van der Waals surface area contributed by atoms with Crippen LogP contribution in [0, 0.1) is 0 Å². The first-order valence-electron chi connectivity index (χ1n) is 6.85. The summed E-state index contributed by atoms with van der Waals surface area (Å²) in [6, 6.07) is 6.32. The molecule has 1 aromatic carbocycles. The van der Waals surface area contributed by atoms with Gasteiger partial charge < -0.3 is 15.0 Å². The normalized spacial score (nSPS) is 11.3. The average molecular weight is 278 g/mol. The van der Waals surface area contributed by atoms with Gasteiger partial charge in [-0.3, -0.25) is 0 Å². The molecule has 0 atom stereocenters. The molecule has 19 heavy (non-hydrogen) atoms. The topological polar surface area (TPSA) is 40.2 Å². The molecule has 2 N–H and O–H groups in total. The van der Waals surface area contributed by atoms with Gasteiger partial charge in [0, 0.05) is 41.9 Å². The fourth-order valence-corrected chi connectivity index (χ4v) is 3.09. The minimum Gasteiger partial charge on any atom is -0.399 e. The zero-order valence-electron chi connectivity index (χ0n) is 11.7. The van der Waals surface area contributed by atoms with Crippen LogP contribution in [0.15, 0.2) is 29.3 Å². The van der Waals surface area contributed by atoms with Crippen molar-refractivity contribution in [2.24, 2.45) is 0 Å². The molecule has 0 aliphatic heterocycles. The van der Waals surface area contributed by atoms with Crippen LogP contribution in [0.5, 0.6) is 0 Å². The first-order valence-corrected chi connectivity index (χ1v) is 7.83. The molecular formula is C15H22N2OS. The Bertz CT molecular complexity index is 536. The highest BCUT2D eigenvalue weighted by Crippen LogP contribution is 2.31. The second kappa shape index (κ2) is 6.87. The summed E-state index contributed by atoms with van der Waals surface area (Å²) in [6.07, 6.45) is 3.18. The highest BCUT2D eigenvalue weighted by Gasteiger charge is 2.07. The summed E-state index contributed by atoms with van der Waals surface area (Å²) in [5, 5.41) is 1.30. The van der Waals surface area contributed by atoms with E-state index in [0.717, 1.165) is 37.6 Å². The van der Waals surface area contributed by atoms with Gasteiger partial charge in [0.05, 0.1) is 5.52 Å². The summed E-state index contributed by atoms with van der Waals surface area (Å²) in [6.45, 7) is 6.77. The maximum absolute atomic E-state index is 6.01. The molecule has 3 nitrogen and oxygen atoms in total. The summed E-state index contributed by atoms with van der Waals surface area (Å²) in [5.74, 6) is 1.06. The van der Waals surface area contributed by atoms with Crippen molar-refractivity contribution >= 4 is 28.4 Å². The lowest BCUT2D eigenvalue weighted by Gasteiger charge is -2.08. The van der Waals surface area contributed by atoms with E-state index in [0.29, 0.717) is 0 Å². The van der Waals surface area contributed by atoms with Gasteiger partial charge in [-0.25, -0.2) is 0 Å². The number of fused-ring (bicyclic) bond motifs is 1. The lowest BCUT2D eigenvalue weighted by molar-refractivity contribution is 0.142. The second-order valence-corrected chi connectivity index (χ2v) is 5.75. The summed E-state index contributed by atoms with van der Waals surface area (Å²) in [5.41, 5.74) is 8.08. The molecule has 1 aromatic heterocycles. The molecular weight excluding hydrogens is 256 g/mol. The van der Waals surface area contributed by atoms with Gasteiger partial charge in [-0.15, -0.1) is 11.8 Å². The summed E-state index contributed by atoms with van der Waals surface area (Å²) >= 11 is 1.85. The van der Waals surface area contributed by atoms with Gasteiger partial charge in [-0.05, 0) is 37.3 Å². The molecule has 2 aromatic rings. The number of anilines is 1. The molecule has 0 amide bonds. The van der Waals surface area contributed by atoms with Crippen LogP contribution in [0.1, 0.15) is 20.3 Å². The Hall–Kier alpha value is -1.13. The first kappa shape index (κ1) is 14.3. The van der Waals surface area contributed by atoms with Crippen LogP contribution in [-0.2, 0) is 11.3 Å². The number of ether oxygens (including phenoxy) is 1. The van der Waals surface area contributed by atoms with Crippen molar-refractivity contribution in [2.45, 2.75) is 31.7 Å². The van der Waals surface area contributed by atoms with E-state index in [9.17, 15) is 0 Å². The van der Waals surface area contributed by atoms with Crippen molar-refractivity contribution in [2.75, 3.05) is 24.7 Å². The Morgan fingerprint density at radius 3 is 2.89 bits per heavy atom. The number of aryl methyl sites for hydroxylation is 1. The van der Waals surface area contributed by atoms with E-state index in [4.69, 9.17) is 10.5 Å². The monoisotopic (exact) mass is 278 g/mol. The van der Waals surface area contributed by atoms with Crippen LogP contribution in [0.4, 0.5) is 5.69 Å². The highest BCUT2D eigenvalue weighted by atomic mass is 32.2. The van der Waals surface area contributed by atoms with Gasteiger partial charge in [0.1, 0.15) is 0 Å². The number of hydrogen-bond acceptors (Lipinski definition) is 3. The third-order valence-corrected chi connectivity index (χ3v) is 4.00. The second-order valence-electron chi connectivity index (χ2n) is 4.44. The van der Waals surface area contributed by atoms with Crippen molar-refractivity contribution in [1.29, 1.82) is 0 Å². The van der Waals surface area contributed by atoms with Crippen LogP contribution in [-0.4, -0.2) is 23.5 Å². The predicted molar refractivity (Wildman–Crippen MR) is 83.9 cm³/mol. The predicted octanol–water partition coefficient (Wildman–Crippen LogP) is 3.76. The third-order valence-electron chi connectivity index (χ3n) is 3.06. The fourth-order valence-electron chi connectivity index (χ4n) is 2.23. The van der Waals surface area contributed by atoms with Crippen molar-refractivity contribution in [3.63, 3.8) is 0 Å². The number of thioether (sulfide) groups is 1. The molecule has 1 heterocycles. The summed E-state index contributed by atoms with van der Waals surface area (Å²) in [7, 11) is 0. The van der Waals surface area contributed by atoms with E-state index < -0.39 is 0 Å². The van der Waals surface area contributed by atoms with E-state index >= 15 is 0 Å². The van der Waals surface area contributed by atoms with E-state index in [-0.39, 0.29) is 0 Å². The minimum absolute atomic E-state index is 0.788. The molecule has 104 valence electrons. The standard InChI is InChI=1S/C15H22N2OS/c1-3-18-9-5-7-17-8-6-13-14(17)10-12(16)11-15(13)19-4-2/h6,8,10-11H,3-5,7,9,16H2,1-2H3. The molecule has 0 saturated carbocycles. The van der Waals surface area contributed by atoms with Crippen molar-refractivity contribution in [3.8, 4) is 0 Å². The first-order chi connectivity index (χ1) is 9.26. The lowest BCUT2D eigenvalue weighted by Crippen LogP contribution is -2.01. The van der Waals surface area contributed by atoms with Crippen molar-refractivity contribution in [3.05, 3.63) is 24.4 Å². The number of nitrogens with zero attached hydrogens (tertiary/aromatic N) is 1. The van der Waals surface area contributed by atoms with Gasteiger partial charge in [0.15, 0.2) is 0 Å². The molecule has 0 fully saturated rings. The Morgan fingerprint density at radius 1 is 1.32 bits per heavy atom. The zero-order chi connectivity index (χ0) is 13.7. The van der Waals surface area contributed by atoms with Gasteiger partial charge in [-0.1, -0.05) is 6.92 Å². The smallest absolute Gasteiger partial charge is 0.0512 e. The number of nitrogen functional groups attached to an aromatic ring is 1. The molecule has 2 rings (SSSR count). The van der Waals surface area contributed by atoms with Gasteiger partial charge in [-0.2, -0.15) is 0 Å². The maximum atomic E-state index is 6.01. The van der Waals surface area contributed by atoms with Gasteiger partial charge >= 0.3 is 0 Å². The van der Waals surface area contributed by atoms with Crippen LogP contribution in [0.25, 0.3) is 10.9 Å². The quantitative estimate of drug-likeness (QED) is 0.476. The van der Waals surface area contributed by atoms with Crippen LogP contribution in [0.3, 0.4) is 0 Å². The molecule has 0 aliphatic carbocycles. The van der Waals surface area contributed by atoms with Crippen LogP contribution >= 0.6 is 11.8 Å². The molecule has 0 bridgehead atoms. The summed E-state index contributed by atoms with van der Waals surface area (Å²) < 4.78 is 7.66. The molecule has 0 radical (unpaired) electrons. The zero-order valence-corrected chi connectivity index (χ0v) is 12.5. The molecule has 0 spiro atoms. The Balaban J connectivity index is 2.21. The Morgan fingerprint density at radius 2 is 2.16 bits per heavy atom. The van der Waals surface area contributed by atoms with E-state index in [1.165, 1.54) is 15.8 Å². The largest absolute Gasteiger partial charge is 0.399 e. The minimum atomic E-state index is 0.788. The molecule has 4 heteroatoms. The number of rotatable bonds is 7. The Labute approximate surface area is 119 Å². The van der Waals surface area contributed by atoms with Crippen molar-refractivity contribution < 1.29 is 4.74 Å². The van der Waals surface area contributed by atoms with Gasteiger partial charge in [0.2, 0.25) is 0 Å². The molecule has 0 saturated heterocycles. The van der Waals surface area contributed by atoms with Crippen LogP contribution in [0.2, 0.25) is 0 Å². The molecule has 0 aliphatic rings. The van der Waals surface area contributed by atoms with E-state index in [2.05, 4.69) is 35.9 Å². The number of benzene rings is 1. The maximum Gasteiger partial charge on any atom is 0.0512 e.